The van der Waals surface area contributed by atoms with Crippen LogP contribution in [0.5, 0.6) is 17.2 Å². The molecular formula is C24H34N2O4. The van der Waals surface area contributed by atoms with Crippen molar-refractivity contribution < 1.29 is 19.0 Å². The molecule has 0 aromatic heterocycles. The number of amides is 1. The van der Waals surface area contributed by atoms with Crippen molar-refractivity contribution in [2.24, 2.45) is 0 Å². The van der Waals surface area contributed by atoms with Gasteiger partial charge in [-0.3, -0.25) is 9.69 Å². The Kier molecular flexibility index (Phi) is 8.12. The first-order chi connectivity index (χ1) is 14.2. The van der Waals surface area contributed by atoms with E-state index in [0.29, 0.717) is 36.9 Å². The minimum atomic E-state index is -0.283. The Morgan fingerprint density at radius 2 is 1.50 bits per heavy atom. The summed E-state index contributed by atoms with van der Waals surface area (Å²) in [7, 11) is 6.71. The zero-order valence-electron chi connectivity index (χ0n) is 19.2. The Bertz CT molecular complexity index is 831. The first kappa shape index (κ1) is 23.5. The molecule has 0 aliphatic carbocycles. The molecule has 2 aromatic carbocycles. The summed E-state index contributed by atoms with van der Waals surface area (Å²) in [5.74, 6) is 1.86. The maximum Gasteiger partial charge on any atom is 0.237 e. The first-order valence-electron chi connectivity index (χ1n) is 10.0. The molecule has 0 saturated carbocycles. The highest BCUT2D eigenvalue weighted by molar-refractivity contribution is 5.79. The van der Waals surface area contributed by atoms with Crippen molar-refractivity contribution in [1.29, 1.82) is 0 Å². The molecule has 2 rings (SSSR count). The maximum atomic E-state index is 13.2. The highest BCUT2D eigenvalue weighted by Crippen LogP contribution is 2.40. The summed E-state index contributed by atoms with van der Waals surface area (Å²) < 4.78 is 16.4. The van der Waals surface area contributed by atoms with Crippen molar-refractivity contribution in [3.05, 3.63) is 53.6 Å². The maximum absolute atomic E-state index is 13.2. The Morgan fingerprint density at radius 3 is 2.03 bits per heavy atom. The quantitative estimate of drug-likeness (QED) is 0.621. The fourth-order valence-electron chi connectivity index (χ4n) is 3.42. The molecule has 0 spiro atoms. The van der Waals surface area contributed by atoms with Crippen LogP contribution in [0.3, 0.4) is 0 Å². The van der Waals surface area contributed by atoms with Crippen LogP contribution in [0.15, 0.2) is 42.5 Å². The smallest absolute Gasteiger partial charge is 0.237 e. The van der Waals surface area contributed by atoms with Gasteiger partial charge in [0, 0.05) is 24.2 Å². The van der Waals surface area contributed by atoms with Crippen LogP contribution >= 0.6 is 0 Å². The summed E-state index contributed by atoms with van der Waals surface area (Å²) in [6, 6.07) is 13.9. The predicted octanol–water partition coefficient (Wildman–Crippen LogP) is 3.97. The lowest BCUT2D eigenvalue weighted by atomic mass is 10.0. The van der Waals surface area contributed by atoms with Crippen molar-refractivity contribution >= 4 is 5.91 Å². The standard InChI is InChI=1S/C24H34N2O4/c1-24(2,3)26(15-18-11-9-8-10-12-18)21(27)17-25(4)16-19-13-14-20(28-5)23(30-7)22(19)29-6/h8-14H,15-17H2,1-7H3. The predicted molar refractivity (Wildman–Crippen MR) is 119 cm³/mol. The van der Waals surface area contributed by atoms with Crippen LogP contribution in [0.4, 0.5) is 0 Å². The van der Waals surface area contributed by atoms with Gasteiger partial charge < -0.3 is 19.1 Å². The number of likely N-dealkylation sites (N-methyl/N-ethyl adjacent to an activating group) is 1. The number of rotatable bonds is 9. The molecule has 0 N–H and O–H groups in total. The van der Waals surface area contributed by atoms with E-state index in [9.17, 15) is 4.79 Å². The normalized spacial score (nSPS) is 11.3. The van der Waals surface area contributed by atoms with E-state index in [1.54, 1.807) is 21.3 Å². The third kappa shape index (κ3) is 5.89. The summed E-state index contributed by atoms with van der Waals surface area (Å²) in [5.41, 5.74) is 1.76. The Labute approximate surface area is 180 Å². The minimum absolute atomic E-state index is 0.0771. The van der Waals surface area contributed by atoms with Crippen LogP contribution in [0.25, 0.3) is 0 Å². The van der Waals surface area contributed by atoms with Gasteiger partial charge in [0.1, 0.15) is 0 Å². The molecule has 164 valence electrons. The van der Waals surface area contributed by atoms with Gasteiger partial charge in [0.05, 0.1) is 27.9 Å². The summed E-state index contributed by atoms with van der Waals surface area (Å²) in [5, 5.41) is 0. The van der Waals surface area contributed by atoms with Gasteiger partial charge in [-0.15, -0.1) is 0 Å². The molecule has 0 aliphatic heterocycles. The number of hydrogen-bond acceptors (Lipinski definition) is 5. The fraction of sp³-hybridized carbons (Fsp3) is 0.458. The second-order valence-corrected chi connectivity index (χ2v) is 8.30. The van der Waals surface area contributed by atoms with Crippen molar-refractivity contribution in [3.63, 3.8) is 0 Å². The molecule has 0 unspecified atom stereocenters. The molecule has 2 aromatic rings. The van der Waals surface area contributed by atoms with Crippen LogP contribution in [-0.4, -0.2) is 56.2 Å². The van der Waals surface area contributed by atoms with Gasteiger partial charge in [0.15, 0.2) is 11.5 Å². The zero-order chi connectivity index (χ0) is 22.3. The summed E-state index contributed by atoms with van der Waals surface area (Å²) in [6.07, 6.45) is 0. The van der Waals surface area contributed by atoms with Gasteiger partial charge in [-0.2, -0.15) is 0 Å². The van der Waals surface area contributed by atoms with E-state index >= 15 is 0 Å². The fourth-order valence-corrected chi connectivity index (χ4v) is 3.42. The van der Waals surface area contributed by atoms with Crippen LogP contribution in [-0.2, 0) is 17.9 Å². The summed E-state index contributed by atoms with van der Waals surface area (Å²) in [4.78, 5) is 17.1. The van der Waals surface area contributed by atoms with Crippen LogP contribution in [0, 0.1) is 0 Å². The monoisotopic (exact) mass is 414 g/mol. The lowest BCUT2D eigenvalue weighted by Gasteiger charge is -2.37. The lowest BCUT2D eigenvalue weighted by Crippen LogP contribution is -2.48. The number of methoxy groups -OCH3 is 3. The van der Waals surface area contributed by atoms with Crippen molar-refractivity contribution in [1.82, 2.24) is 9.80 Å². The van der Waals surface area contributed by atoms with Gasteiger partial charge in [0.25, 0.3) is 0 Å². The lowest BCUT2D eigenvalue weighted by molar-refractivity contribution is -0.137. The van der Waals surface area contributed by atoms with Crippen molar-refractivity contribution in [2.75, 3.05) is 34.9 Å². The van der Waals surface area contributed by atoms with E-state index in [2.05, 4.69) is 20.8 Å². The number of carbonyl (C=O) groups excluding carboxylic acids is 1. The van der Waals surface area contributed by atoms with Gasteiger partial charge in [-0.25, -0.2) is 0 Å². The van der Waals surface area contributed by atoms with Crippen LogP contribution in [0.1, 0.15) is 31.9 Å². The number of nitrogens with zero attached hydrogens (tertiary/aromatic N) is 2. The van der Waals surface area contributed by atoms with Crippen LogP contribution in [0.2, 0.25) is 0 Å². The molecule has 0 heterocycles. The number of ether oxygens (including phenoxy) is 3. The number of benzene rings is 2. The Morgan fingerprint density at radius 1 is 0.867 bits per heavy atom. The second-order valence-electron chi connectivity index (χ2n) is 8.30. The third-order valence-corrected chi connectivity index (χ3v) is 4.93. The van der Waals surface area contributed by atoms with Gasteiger partial charge in [0.2, 0.25) is 11.7 Å². The molecule has 0 aliphatic rings. The Balaban J connectivity index is 2.16. The molecular weight excluding hydrogens is 380 g/mol. The average Bonchev–Trinajstić information content (AvgIpc) is 2.71. The molecule has 0 fully saturated rings. The summed E-state index contributed by atoms with van der Waals surface area (Å²) >= 11 is 0. The van der Waals surface area contributed by atoms with Crippen molar-refractivity contribution in [2.45, 2.75) is 39.4 Å². The SMILES string of the molecule is COc1ccc(CN(C)CC(=O)N(Cc2ccccc2)C(C)(C)C)c(OC)c1OC. The van der Waals surface area contributed by atoms with E-state index in [1.807, 2.05) is 59.3 Å². The molecule has 30 heavy (non-hydrogen) atoms. The van der Waals surface area contributed by atoms with Gasteiger partial charge >= 0.3 is 0 Å². The molecule has 0 radical (unpaired) electrons. The largest absolute Gasteiger partial charge is 0.493 e. The molecule has 6 nitrogen and oxygen atoms in total. The molecule has 0 bridgehead atoms. The molecule has 1 amide bonds. The number of hydrogen-bond donors (Lipinski definition) is 0. The average molecular weight is 415 g/mol. The molecule has 0 atom stereocenters. The highest BCUT2D eigenvalue weighted by Gasteiger charge is 2.27. The van der Waals surface area contributed by atoms with E-state index in [4.69, 9.17) is 14.2 Å². The van der Waals surface area contributed by atoms with E-state index in [-0.39, 0.29) is 11.4 Å². The van der Waals surface area contributed by atoms with E-state index in [1.165, 1.54) is 0 Å². The van der Waals surface area contributed by atoms with Gasteiger partial charge in [-0.1, -0.05) is 36.4 Å². The zero-order valence-corrected chi connectivity index (χ0v) is 19.2. The topological polar surface area (TPSA) is 51.2 Å². The number of carbonyl (C=O) groups is 1. The van der Waals surface area contributed by atoms with Gasteiger partial charge in [-0.05, 0) is 39.4 Å². The summed E-state index contributed by atoms with van der Waals surface area (Å²) in [6.45, 7) is 7.60. The molecule has 0 saturated heterocycles. The Hall–Kier alpha value is -2.73. The molecule has 6 heteroatoms. The van der Waals surface area contributed by atoms with Crippen molar-refractivity contribution in [3.8, 4) is 17.2 Å². The van der Waals surface area contributed by atoms with Crippen LogP contribution < -0.4 is 14.2 Å². The minimum Gasteiger partial charge on any atom is -0.493 e. The van der Waals surface area contributed by atoms with E-state index in [0.717, 1.165) is 11.1 Å². The highest BCUT2D eigenvalue weighted by atomic mass is 16.5. The second kappa shape index (κ2) is 10.3. The van der Waals surface area contributed by atoms with E-state index < -0.39 is 0 Å². The third-order valence-electron chi connectivity index (χ3n) is 4.93. The first-order valence-corrected chi connectivity index (χ1v) is 10.0.